The summed E-state index contributed by atoms with van der Waals surface area (Å²) in [5.41, 5.74) is 3.03. The number of nitro benzene ring substituents is 1. The maximum Gasteiger partial charge on any atom is 0.295 e. The first kappa shape index (κ1) is 20.8. The molecule has 0 aliphatic rings. The van der Waals surface area contributed by atoms with Crippen LogP contribution in [0, 0.1) is 10.1 Å². The Hall–Kier alpha value is -2.49. The van der Waals surface area contributed by atoms with Crippen LogP contribution in [0.3, 0.4) is 0 Å². The lowest BCUT2D eigenvalue weighted by atomic mass is 10.2. The van der Waals surface area contributed by atoms with Crippen LogP contribution in [0.15, 0.2) is 52.5 Å². The number of nitrogens with one attached hydrogen (secondary N) is 1. The molecule has 0 fully saturated rings. The topological polar surface area (TPSA) is 105 Å². The highest BCUT2D eigenvalue weighted by Gasteiger charge is 2.25. The molecule has 0 bridgehead atoms. The minimum Gasteiger partial charge on any atom is -0.272 e. The van der Waals surface area contributed by atoms with E-state index in [4.69, 9.17) is 11.6 Å². The van der Waals surface area contributed by atoms with E-state index in [1.54, 1.807) is 38.1 Å². The molecule has 0 heterocycles. The molecular weight excluding hydrogens is 392 g/mol. The molecule has 0 atom stereocenters. The highest BCUT2D eigenvalue weighted by Crippen LogP contribution is 2.29. The average molecular weight is 411 g/mol. The quantitative estimate of drug-likeness (QED) is 0.405. The molecule has 0 saturated carbocycles. The number of nitrogens with zero attached hydrogens (tertiary/aromatic N) is 3. The van der Waals surface area contributed by atoms with Crippen LogP contribution in [0.25, 0.3) is 0 Å². The molecule has 0 aliphatic heterocycles. The minimum atomic E-state index is -3.79. The van der Waals surface area contributed by atoms with Gasteiger partial charge in [-0.3, -0.25) is 15.5 Å². The number of hydrazone groups is 1. The molecular formula is C17H19ClN4O4S. The molecule has 2 aromatic rings. The van der Waals surface area contributed by atoms with Gasteiger partial charge in [0.05, 0.1) is 16.0 Å². The van der Waals surface area contributed by atoms with E-state index in [-0.39, 0.29) is 29.4 Å². The van der Waals surface area contributed by atoms with Gasteiger partial charge in [0.2, 0.25) is 10.0 Å². The number of nitro groups is 1. The Labute approximate surface area is 162 Å². The molecule has 0 unspecified atom stereocenters. The molecule has 0 saturated heterocycles. The van der Waals surface area contributed by atoms with Crippen LogP contribution in [0.1, 0.15) is 19.4 Å². The number of hydrogen-bond acceptors (Lipinski definition) is 6. The van der Waals surface area contributed by atoms with Crippen LogP contribution in [-0.4, -0.2) is 37.0 Å². The van der Waals surface area contributed by atoms with Crippen molar-refractivity contribution in [2.45, 2.75) is 18.7 Å². The molecule has 0 spiro atoms. The van der Waals surface area contributed by atoms with Gasteiger partial charge in [0.1, 0.15) is 5.69 Å². The van der Waals surface area contributed by atoms with E-state index in [2.05, 4.69) is 10.5 Å². The number of halogens is 1. The summed E-state index contributed by atoms with van der Waals surface area (Å²) in [4.78, 5) is 10.6. The van der Waals surface area contributed by atoms with Crippen LogP contribution in [0.2, 0.25) is 5.02 Å². The zero-order valence-corrected chi connectivity index (χ0v) is 16.4. The van der Waals surface area contributed by atoms with Crippen molar-refractivity contribution in [2.75, 3.05) is 18.5 Å². The fraction of sp³-hybridized carbons (Fsp3) is 0.235. The Kier molecular flexibility index (Phi) is 6.89. The molecule has 2 aromatic carbocycles. The van der Waals surface area contributed by atoms with Gasteiger partial charge in [-0.1, -0.05) is 37.6 Å². The van der Waals surface area contributed by atoms with Gasteiger partial charge in [0.25, 0.3) is 5.69 Å². The van der Waals surface area contributed by atoms with Gasteiger partial charge in [-0.2, -0.15) is 9.41 Å². The van der Waals surface area contributed by atoms with Gasteiger partial charge in [0.15, 0.2) is 0 Å². The largest absolute Gasteiger partial charge is 0.295 e. The second-order valence-corrected chi connectivity index (χ2v) is 7.82. The first-order valence-corrected chi connectivity index (χ1v) is 9.94. The molecule has 8 nitrogen and oxygen atoms in total. The number of sulfonamides is 1. The van der Waals surface area contributed by atoms with Crippen LogP contribution in [-0.2, 0) is 10.0 Å². The van der Waals surface area contributed by atoms with Crippen molar-refractivity contribution in [3.8, 4) is 0 Å². The summed E-state index contributed by atoms with van der Waals surface area (Å²) in [5, 5.41) is 15.9. The molecule has 144 valence electrons. The van der Waals surface area contributed by atoms with Crippen molar-refractivity contribution in [2.24, 2.45) is 5.10 Å². The number of rotatable bonds is 8. The van der Waals surface area contributed by atoms with Crippen LogP contribution in [0.5, 0.6) is 0 Å². The van der Waals surface area contributed by atoms with Gasteiger partial charge in [-0.05, 0) is 29.8 Å². The summed E-state index contributed by atoms with van der Waals surface area (Å²) in [6.07, 6.45) is 1.47. The van der Waals surface area contributed by atoms with Crippen molar-refractivity contribution in [3.05, 3.63) is 63.2 Å². The van der Waals surface area contributed by atoms with Gasteiger partial charge < -0.3 is 0 Å². The Morgan fingerprint density at radius 1 is 1.19 bits per heavy atom. The highest BCUT2D eigenvalue weighted by atomic mass is 35.5. The van der Waals surface area contributed by atoms with E-state index in [0.29, 0.717) is 5.02 Å². The summed E-state index contributed by atoms with van der Waals surface area (Å²) in [6.45, 7) is 3.96. The molecule has 0 aromatic heterocycles. The number of anilines is 1. The van der Waals surface area contributed by atoms with Crippen molar-refractivity contribution in [3.63, 3.8) is 0 Å². The summed E-state index contributed by atoms with van der Waals surface area (Å²) >= 11 is 5.80. The molecule has 1 N–H and O–H groups in total. The molecule has 0 radical (unpaired) electrons. The van der Waals surface area contributed by atoms with Gasteiger partial charge >= 0.3 is 0 Å². The Balaban J connectivity index is 2.30. The number of hydrogen-bond donors (Lipinski definition) is 1. The lowest BCUT2D eigenvalue weighted by molar-refractivity contribution is -0.384. The zero-order chi connectivity index (χ0) is 20.0. The molecule has 0 aliphatic carbocycles. The van der Waals surface area contributed by atoms with Crippen molar-refractivity contribution < 1.29 is 13.3 Å². The van der Waals surface area contributed by atoms with Crippen LogP contribution >= 0.6 is 11.6 Å². The lowest BCUT2D eigenvalue weighted by Crippen LogP contribution is -2.30. The first-order chi connectivity index (χ1) is 12.8. The molecule has 0 amide bonds. The second kappa shape index (κ2) is 8.94. The first-order valence-electron chi connectivity index (χ1n) is 8.12. The Morgan fingerprint density at radius 3 is 2.37 bits per heavy atom. The lowest BCUT2D eigenvalue weighted by Gasteiger charge is -2.18. The predicted octanol–water partition coefficient (Wildman–Crippen LogP) is 3.72. The third kappa shape index (κ3) is 5.03. The molecule has 27 heavy (non-hydrogen) atoms. The third-order valence-corrected chi connectivity index (χ3v) is 6.08. The minimum absolute atomic E-state index is 0.0868. The van der Waals surface area contributed by atoms with Gasteiger partial charge in [0, 0.05) is 24.2 Å². The maximum atomic E-state index is 12.5. The monoisotopic (exact) mass is 410 g/mol. The van der Waals surface area contributed by atoms with Gasteiger partial charge in [-0.25, -0.2) is 8.42 Å². The predicted molar refractivity (Wildman–Crippen MR) is 106 cm³/mol. The Bertz CT molecular complexity index is 942. The van der Waals surface area contributed by atoms with Crippen LogP contribution in [0.4, 0.5) is 11.4 Å². The fourth-order valence-electron chi connectivity index (χ4n) is 2.36. The summed E-state index contributed by atoms with van der Waals surface area (Å²) < 4.78 is 26.3. The molecule has 2 rings (SSSR count). The van der Waals surface area contributed by atoms with Gasteiger partial charge in [-0.15, -0.1) is 0 Å². The zero-order valence-electron chi connectivity index (χ0n) is 14.8. The molecule has 10 heteroatoms. The maximum absolute atomic E-state index is 12.5. The fourth-order valence-corrected chi connectivity index (χ4v) is 3.96. The number of benzene rings is 2. The van der Waals surface area contributed by atoms with Crippen molar-refractivity contribution in [1.29, 1.82) is 0 Å². The smallest absolute Gasteiger partial charge is 0.272 e. The summed E-state index contributed by atoms with van der Waals surface area (Å²) in [7, 11) is -3.79. The Morgan fingerprint density at radius 2 is 1.81 bits per heavy atom. The SMILES string of the molecule is CCN(CC)S(=O)(=O)c1ccc(N/N=C\c2ccc(Cl)cc2)c([N+](=O)[O-])c1. The summed E-state index contributed by atoms with van der Waals surface area (Å²) in [6, 6.07) is 10.5. The van der Waals surface area contributed by atoms with E-state index in [0.717, 1.165) is 11.6 Å². The van der Waals surface area contributed by atoms with E-state index < -0.39 is 14.9 Å². The van der Waals surface area contributed by atoms with Crippen LogP contribution < -0.4 is 5.43 Å². The normalized spacial score (nSPS) is 11.9. The average Bonchev–Trinajstić information content (AvgIpc) is 2.64. The van der Waals surface area contributed by atoms with E-state index in [1.165, 1.54) is 22.7 Å². The van der Waals surface area contributed by atoms with E-state index >= 15 is 0 Å². The van der Waals surface area contributed by atoms with Crippen molar-refractivity contribution >= 4 is 39.2 Å². The van der Waals surface area contributed by atoms with E-state index in [1.807, 2.05) is 0 Å². The highest BCUT2D eigenvalue weighted by molar-refractivity contribution is 7.89. The third-order valence-electron chi connectivity index (χ3n) is 3.78. The van der Waals surface area contributed by atoms with E-state index in [9.17, 15) is 18.5 Å². The second-order valence-electron chi connectivity index (χ2n) is 5.45. The standard InChI is InChI=1S/C17H19ClN4O4S/c1-3-21(4-2)27(25,26)15-9-10-16(17(11-15)22(23)24)20-19-12-13-5-7-14(18)8-6-13/h5-12,20H,3-4H2,1-2H3/b19-12-. The van der Waals surface area contributed by atoms with Crippen molar-refractivity contribution in [1.82, 2.24) is 4.31 Å². The summed E-state index contributed by atoms with van der Waals surface area (Å²) in [5.74, 6) is 0.